The van der Waals surface area contributed by atoms with Crippen LogP contribution in [0.4, 0.5) is 5.82 Å². The van der Waals surface area contributed by atoms with Crippen molar-refractivity contribution in [3.8, 4) is 11.1 Å². The Morgan fingerprint density at radius 1 is 1.06 bits per heavy atom. The molecule has 2 heterocycles. The monoisotopic (exact) mass is 471 g/mol. The first-order chi connectivity index (χ1) is 16.9. The van der Waals surface area contributed by atoms with E-state index in [0.717, 1.165) is 44.0 Å². The van der Waals surface area contributed by atoms with E-state index in [2.05, 4.69) is 77.2 Å². The van der Waals surface area contributed by atoms with Gasteiger partial charge in [0, 0.05) is 31.9 Å². The zero-order valence-corrected chi connectivity index (χ0v) is 21.6. The van der Waals surface area contributed by atoms with Crippen LogP contribution >= 0.6 is 0 Å². The van der Waals surface area contributed by atoms with Gasteiger partial charge in [-0.15, -0.1) is 0 Å². The quantitative estimate of drug-likeness (QED) is 0.375. The average Bonchev–Trinajstić information content (AvgIpc) is 3.32. The summed E-state index contributed by atoms with van der Waals surface area (Å²) in [5.74, 6) is 0.457. The fourth-order valence-electron chi connectivity index (χ4n) is 5.06. The van der Waals surface area contributed by atoms with Gasteiger partial charge in [0.15, 0.2) is 0 Å². The molecule has 5 heteroatoms. The third-order valence-corrected chi connectivity index (χ3v) is 6.90. The van der Waals surface area contributed by atoms with Gasteiger partial charge < -0.3 is 9.64 Å². The summed E-state index contributed by atoms with van der Waals surface area (Å²) in [5.41, 5.74) is 6.74. The predicted molar refractivity (Wildman–Crippen MR) is 143 cm³/mol. The van der Waals surface area contributed by atoms with Gasteiger partial charge in [-0.05, 0) is 74.5 Å². The molecule has 1 aliphatic heterocycles. The average molecular weight is 472 g/mol. The van der Waals surface area contributed by atoms with E-state index in [0.29, 0.717) is 11.6 Å². The van der Waals surface area contributed by atoms with Crippen LogP contribution in [0.2, 0.25) is 0 Å². The summed E-state index contributed by atoms with van der Waals surface area (Å²) >= 11 is 0. The third-order valence-electron chi connectivity index (χ3n) is 6.90. The van der Waals surface area contributed by atoms with Crippen molar-refractivity contribution in [2.45, 2.75) is 59.7 Å². The molecule has 0 N–H and O–H groups in total. The number of hydrogen-bond acceptors (Lipinski definition) is 5. The Bertz CT molecular complexity index is 1170. The lowest BCUT2D eigenvalue weighted by atomic mass is 9.95. The molecule has 1 fully saturated rings. The molecule has 4 rings (SSSR count). The Kier molecular flexibility index (Phi) is 7.86. The van der Waals surface area contributed by atoms with Crippen molar-refractivity contribution in [1.29, 1.82) is 0 Å². The van der Waals surface area contributed by atoms with Crippen molar-refractivity contribution in [1.82, 2.24) is 9.88 Å². The van der Waals surface area contributed by atoms with Crippen LogP contribution in [-0.4, -0.2) is 47.6 Å². The molecule has 0 aliphatic carbocycles. The summed E-state index contributed by atoms with van der Waals surface area (Å²) in [6.07, 6.45) is 2.67. The van der Waals surface area contributed by atoms with Gasteiger partial charge >= 0.3 is 5.97 Å². The largest absolute Gasteiger partial charge is 0.459 e. The number of rotatable bonds is 8. The molecule has 0 radical (unpaired) electrons. The van der Waals surface area contributed by atoms with Crippen LogP contribution in [0.15, 0.2) is 60.8 Å². The van der Waals surface area contributed by atoms with Crippen molar-refractivity contribution in [2.24, 2.45) is 0 Å². The molecule has 2 aromatic carbocycles. The molecular weight excluding hydrogens is 434 g/mol. The summed E-state index contributed by atoms with van der Waals surface area (Å²) in [6.45, 7) is 13.7. The second kappa shape index (κ2) is 11.0. The van der Waals surface area contributed by atoms with Gasteiger partial charge in [-0.1, -0.05) is 55.5 Å². The number of anilines is 1. The van der Waals surface area contributed by atoms with E-state index in [1.54, 1.807) is 6.20 Å². The van der Waals surface area contributed by atoms with Gasteiger partial charge in [0.2, 0.25) is 0 Å². The molecule has 184 valence electrons. The number of carbonyl (C=O) groups is 1. The first-order valence-electron chi connectivity index (χ1n) is 12.7. The number of likely N-dealkylation sites (N-methyl/N-ethyl adjacent to an activating group) is 1. The highest BCUT2D eigenvalue weighted by Gasteiger charge is 2.31. The van der Waals surface area contributed by atoms with Crippen molar-refractivity contribution in [2.75, 3.05) is 24.5 Å². The van der Waals surface area contributed by atoms with Gasteiger partial charge in [-0.25, -0.2) is 9.78 Å². The summed E-state index contributed by atoms with van der Waals surface area (Å²) in [7, 11) is 0. The molecule has 1 aromatic heterocycles. The Morgan fingerprint density at radius 3 is 2.49 bits per heavy atom. The first-order valence-corrected chi connectivity index (χ1v) is 12.7. The predicted octanol–water partition coefficient (Wildman–Crippen LogP) is 6.03. The summed E-state index contributed by atoms with van der Waals surface area (Å²) < 4.78 is 5.54. The standard InChI is InChI=1S/C30H37N3O2/c1-6-32(19-24-12-8-10-14-27(24)26-13-9-7-11-22(26)4)25-16-18-33(20-25)29-28(23(5)15-17-31-29)30(34)35-21(2)3/h7-15,17,21,25H,6,16,18-20H2,1-5H3. The molecule has 1 unspecified atom stereocenters. The van der Waals surface area contributed by atoms with Crippen LogP contribution in [0.1, 0.15) is 54.2 Å². The van der Waals surface area contributed by atoms with Crippen molar-refractivity contribution >= 4 is 11.8 Å². The molecule has 1 saturated heterocycles. The molecule has 35 heavy (non-hydrogen) atoms. The van der Waals surface area contributed by atoms with Gasteiger partial charge in [0.05, 0.1) is 6.10 Å². The molecule has 1 atom stereocenters. The van der Waals surface area contributed by atoms with Crippen molar-refractivity contribution in [3.05, 3.63) is 83.0 Å². The van der Waals surface area contributed by atoms with Crippen molar-refractivity contribution in [3.63, 3.8) is 0 Å². The summed E-state index contributed by atoms with van der Waals surface area (Å²) in [5, 5.41) is 0. The highest BCUT2D eigenvalue weighted by molar-refractivity contribution is 5.96. The minimum atomic E-state index is -0.288. The molecule has 0 amide bonds. The van der Waals surface area contributed by atoms with Crippen LogP contribution in [0, 0.1) is 13.8 Å². The van der Waals surface area contributed by atoms with E-state index in [1.165, 1.54) is 22.3 Å². The number of aromatic nitrogens is 1. The molecule has 0 spiro atoms. The van der Waals surface area contributed by atoms with E-state index in [9.17, 15) is 4.79 Å². The minimum Gasteiger partial charge on any atom is -0.459 e. The fourth-order valence-corrected chi connectivity index (χ4v) is 5.06. The highest BCUT2D eigenvalue weighted by Crippen LogP contribution is 2.31. The zero-order valence-electron chi connectivity index (χ0n) is 21.6. The molecule has 0 saturated carbocycles. The fraction of sp³-hybridized carbons (Fsp3) is 0.400. The molecule has 0 bridgehead atoms. The highest BCUT2D eigenvalue weighted by atomic mass is 16.5. The van der Waals surface area contributed by atoms with E-state index in [1.807, 2.05) is 26.8 Å². The van der Waals surface area contributed by atoms with Gasteiger partial charge in [0.25, 0.3) is 0 Å². The second-order valence-electron chi connectivity index (χ2n) is 9.70. The van der Waals surface area contributed by atoms with E-state index >= 15 is 0 Å². The number of benzene rings is 2. The first kappa shape index (κ1) is 24.9. The second-order valence-corrected chi connectivity index (χ2v) is 9.70. The topological polar surface area (TPSA) is 45.7 Å². The SMILES string of the molecule is CCN(Cc1ccccc1-c1ccccc1C)C1CCN(c2nccc(C)c2C(=O)OC(C)C)C1. The molecule has 3 aromatic rings. The van der Waals surface area contributed by atoms with Gasteiger partial charge in [-0.3, -0.25) is 4.90 Å². The maximum Gasteiger partial charge on any atom is 0.342 e. The maximum atomic E-state index is 12.9. The lowest BCUT2D eigenvalue weighted by Gasteiger charge is -2.29. The third kappa shape index (κ3) is 5.57. The van der Waals surface area contributed by atoms with E-state index in [4.69, 9.17) is 4.74 Å². The van der Waals surface area contributed by atoms with Crippen LogP contribution in [0.5, 0.6) is 0 Å². The van der Waals surface area contributed by atoms with Crippen LogP contribution < -0.4 is 4.90 Å². The van der Waals surface area contributed by atoms with Crippen LogP contribution in [0.25, 0.3) is 11.1 Å². The Hall–Kier alpha value is -3.18. The molecular formula is C30H37N3O2. The van der Waals surface area contributed by atoms with Gasteiger partial charge in [-0.2, -0.15) is 0 Å². The Morgan fingerprint density at radius 2 is 1.77 bits per heavy atom. The zero-order chi connectivity index (χ0) is 24.9. The van der Waals surface area contributed by atoms with Crippen LogP contribution in [-0.2, 0) is 11.3 Å². The molecule has 5 nitrogen and oxygen atoms in total. The lowest BCUT2D eigenvalue weighted by molar-refractivity contribution is 0.0377. The Balaban J connectivity index is 1.55. The van der Waals surface area contributed by atoms with Crippen molar-refractivity contribution < 1.29 is 9.53 Å². The number of esters is 1. The summed E-state index contributed by atoms with van der Waals surface area (Å²) in [4.78, 5) is 22.3. The lowest BCUT2D eigenvalue weighted by Crippen LogP contribution is -2.37. The number of carbonyl (C=O) groups excluding carboxylic acids is 1. The Labute approximate surface area is 209 Å². The maximum absolute atomic E-state index is 12.9. The number of nitrogens with zero attached hydrogens (tertiary/aromatic N) is 3. The number of aryl methyl sites for hydroxylation is 2. The van der Waals surface area contributed by atoms with E-state index in [-0.39, 0.29) is 12.1 Å². The number of ether oxygens (including phenoxy) is 1. The van der Waals surface area contributed by atoms with Crippen LogP contribution in [0.3, 0.4) is 0 Å². The number of pyridine rings is 1. The minimum absolute atomic E-state index is 0.162. The normalized spacial score (nSPS) is 15.7. The van der Waals surface area contributed by atoms with E-state index < -0.39 is 0 Å². The number of hydrogen-bond donors (Lipinski definition) is 0. The summed E-state index contributed by atoms with van der Waals surface area (Å²) in [6, 6.07) is 19.6. The molecule has 1 aliphatic rings. The van der Waals surface area contributed by atoms with Gasteiger partial charge in [0.1, 0.15) is 11.4 Å². The smallest absolute Gasteiger partial charge is 0.342 e.